The highest BCUT2D eigenvalue weighted by Gasteiger charge is 2.44. The van der Waals surface area contributed by atoms with Crippen LogP contribution in [0.1, 0.15) is 71.7 Å². The van der Waals surface area contributed by atoms with Crippen LogP contribution in [-0.4, -0.2) is 58.1 Å². The number of fused-ring (bicyclic) bond motifs is 1. The van der Waals surface area contributed by atoms with Crippen molar-refractivity contribution in [1.29, 1.82) is 0 Å². The molecule has 1 saturated heterocycles. The van der Waals surface area contributed by atoms with Gasteiger partial charge in [-0.2, -0.15) is 0 Å². The van der Waals surface area contributed by atoms with Crippen LogP contribution in [-0.2, 0) is 16.1 Å². The Morgan fingerprint density at radius 2 is 1.73 bits per heavy atom. The molecular weight excluding hydrogens is 384 g/mol. The van der Waals surface area contributed by atoms with Gasteiger partial charge < -0.3 is 5.73 Å². The van der Waals surface area contributed by atoms with Crippen LogP contribution < -0.4 is 11.1 Å². The fraction of sp³-hybridized carbons (Fsp3) is 0.545. The molecule has 1 atom stereocenters. The SMILES string of the molecule is CCN(Cc1ccc2c(c1)C(=O)N(C1CCC(=O)NC1=O)C2=O)C1CCC(N)CC1. The normalized spacial score (nSPS) is 26.9. The predicted molar refractivity (Wildman–Crippen MR) is 109 cm³/mol. The number of piperidine rings is 1. The number of hydrogen-bond donors (Lipinski definition) is 2. The second kappa shape index (κ2) is 8.28. The van der Waals surface area contributed by atoms with E-state index in [-0.39, 0.29) is 18.7 Å². The zero-order valence-electron chi connectivity index (χ0n) is 17.2. The number of amides is 4. The van der Waals surface area contributed by atoms with Gasteiger partial charge in [-0.15, -0.1) is 0 Å². The van der Waals surface area contributed by atoms with Crippen molar-refractivity contribution >= 4 is 23.6 Å². The summed E-state index contributed by atoms with van der Waals surface area (Å²) in [6.07, 6.45) is 4.47. The van der Waals surface area contributed by atoms with E-state index < -0.39 is 23.8 Å². The molecular formula is C22H28N4O4. The zero-order chi connectivity index (χ0) is 21.4. The Balaban J connectivity index is 1.51. The average molecular weight is 412 g/mol. The van der Waals surface area contributed by atoms with E-state index >= 15 is 0 Å². The molecule has 3 N–H and O–H groups in total. The number of imide groups is 2. The molecule has 2 heterocycles. The van der Waals surface area contributed by atoms with Crippen molar-refractivity contribution in [3.8, 4) is 0 Å². The maximum absolute atomic E-state index is 13.0. The topological polar surface area (TPSA) is 113 Å². The van der Waals surface area contributed by atoms with Crippen molar-refractivity contribution in [2.24, 2.45) is 5.73 Å². The number of nitrogens with zero attached hydrogens (tertiary/aromatic N) is 2. The zero-order valence-corrected chi connectivity index (χ0v) is 17.2. The lowest BCUT2D eigenvalue weighted by molar-refractivity contribution is -0.136. The van der Waals surface area contributed by atoms with Gasteiger partial charge in [0.15, 0.2) is 0 Å². The van der Waals surface area contributed by atoms with Gasteiger partial charge in [0.25, 0.3) is 11.8 Å². The lowest BCUT2D eigenvalue weighted by Crippen LogP contribution is -2.54. The molecule has 4 rings (SSSR count). The maximum atomic E-state index is 13.0. The average Bonchev–Trinajstić information content (AvgIpc) is 2.97. The third-order valence-corrected chi connectivity index (χ3v) is 6.55. The van der Waals surface area contributed by atoms with E-state index in [2.05, 4.69) is 17.1 Å². The molecule has 8 nitrogen and oxygen atoms in total. The van der Waals surface area contributed by atoms with Crippen LogP contribution in [0.4, 0.5) is 0 Å². The second-order valence-electron chi connectivity index (χ2n) is 8.46. The van der Waals surface area contributed by atoms with Gasteiger partial charge in [-0.05, 0) is 56.3 Å². The first-order chi connectivity index (χ1) is 14.4. The fourth-order valence-corrected chi connectivity index (χ4v) is 4.82. The Morgan fingerprint density at radius 3 is 2.40 bits per heavy atom. The van der Waals surface area contributed by atoms with Crippen molar-refractivity contribution in [2.75, 3.05) is 6.54 Å². The number of nitrogens with two attached hydrogens (primary N) is 1. The van der Waals surface area contributed by atoms with Gasteiger partial charge in [-0.3, -0.25) is 34.3 Å². The first-order valence-corrected chi connectivity index (χ1v) is 10.7. The highest BCUT2D eigenvalue weighted by Crippen LogP contribution is 2.29. The third-order valence-electron chi connectivity index (χ3n) is 6.55. The summed E-state index contributed by atoms with van der Waals surface area (Å²) >= 11 is 0. The van der Waals surface area contributed by atoms with Crippen LogP contribution in [0.2, 0.25) is 0 Å². The minimum absolute atomic E-state index is 0.117. The van der Waals surface area contributed by atoms with Crippen LogP contribution in [0.15, 0.2) is 18.2 Å². The van der Waals surface area contributed by atoms with E-state index in [1.165, 1.54) is 0 Å². The highest BCUT2D eigenvalue weighted by atomic mass is 16.2. The summed E-state index contributed by atoms with van der Waals surface area (Å²) in [6, 6.07) is 5.18. The van der Waals surface area contributed by atoms with E-state index in [0.717, 1.165) is 42.7 Å². The minimum atomic E-state index is -0.933. The Labute approximate surface area is 175 Å². The summed E-state index contributed by atoms with van der Waals surface area (Å²) in [5, 5.41) is 2.22. The number of carbonyl (C=O) groups excluding carboxylic acids is 4. The smallest absolute Gasteiger partial charge is 0.262 e. The van der Waals surface area contributed by atoms with E-state index in [4.69, 9.17) is 5.73 Å². The highest BCUT2D eigenvalue weighted by molar-refractivity contribution is 6.23. The lowest BCUT2D eigenvalue weighted by Gasteiger charge is -2.35. The fourth-order valence-electron chi connectivity index (χ4n) is 4.82. The van der Waals surface area contributed by atoms with Gasteiger partial charge >= 0.3 is 0 Å². The molecule has 1 aromatic rings. The molecule has 8 heteroatoms. The minimum Gasteiger partial charge on any atom is -0.328 e. The first kappa shape index (κ1) is 20.7. The molecule has 0 spiro atoms. The number of carbonyl (C=O) groups is 4. The molecule has 1 unspecified atom stereocenters. The molecule has 0 bridgehead atoms. The van der Waals surface area contributed by atoms with Gasteiger partial charge in [-0.25, -0.2) is 0 Å². The Hall–Kier alpha value is -2.58. The van der Waals surface area contributed by atoms with Crippen molar-refractivity contribution in [2.45, 2.75) is 70.1 Å². The largest absolute Gasteiger partial charge is 0.328 e. The number of hydrogen-bond acceptors (Lipinski definition) is 6. The molecule has 160 valence electrons. The predicted octanol–water partition coefficient (Wildman–Crippen LogP) is 1.18. The molecule has 2 aliphatic heterocycles. The monoisotopic (exact) mass is 412 g/mol. The van der Waals surface area contributed by atoms with Crippen LogP contribution in [0.3, 0.4) is 0 Å². The van der Waals surface area contributed by atoms with Crippen molar-refractivity contribution in [3.05, 3.63) is 34.9 Å². The van der Waals surface area contributed by atoms with Crippen LogP contribution in [0.5, 0.6) is 0 Å². The quantitative estimate of drug-likeness (QED) is 0.702. The molecule has 1 aromatic carbocycles. The first-order valence-electron chi connectivity index (χ1n) is 10.7. The molecule has 4 amide bonds. The van der Waals surface area contributed by atoms with Gasteiger partial charge in [0.1, 0.15) is 6.04 Å². The standard InChI is InChI=1S/C22H28N4O4/c1-2-25(15-6-4-14(23)5-7-15)12-13-3-8-16-17(11-13)22(30)26(21(16)29)18-9-10-19(27)24-20(18)28/h3,8,11,14-15,18H,2,4-7,9-10,12,23H2,1H3,(H,24,27,28). The van der Waals surface area contributed by atoms with Gasteiger partial charge in [-0.1, -0.05) is 13.0 Å². The summed E-state index contributed by atoms with van der Waals surface area (Å²) in [7, 11) is 0. The van der Waals surface area contributed by atoms with Crippen LogP contribution in [0, 0.1) is 0 Å². The van der Waals surface area contributed by atoms with E-state index in [1.54, 1.807) is 12.1 Å². The third kappa shape index (κ3) is 3.77. The van der Waals surface area contributed by atoms with E-state index in [0.29, 0.717) is 29.8 Å². The Bertz CT molecular complexity index is 891. The van der Waals surface area contributed by atoms with Gasteiger partial charge in [0.05, 0.1) is 11.1 Å². The second-order valence-corrected chi connectivity index (χ2v) is 8.46. The van der Waals surface area contributed by atoms with Crippen LogP contribution >= 0.6 is 0 Å². The van der Waals surface area contributed by atoms with Crippen molar-refractivity contribution < 1.29 is 19.2 Å². The molecule has 1 aliphatic carbocycles. The molecule has 2 fully saturated rings. The molecule has 1 saturated carbocycles. The number of rotatable bonds is 5. The molecule has 0 aromatic heterocycles. The summed E-state index contributed by atoms with van der Waals surface area (Å²) in [5.41, 5.74) is 7.66. The Kier molecular flexibility index (Phi) is 5.71. The van der Waals surface area contributed by atoms with E-state index in [1.807, 2.05) is 6.07 Å². The summed E-state index contributed by atoms with van der Waals surface area (Å²) < 4.78 is 0. The summed E-state index contributed by atoms with van der Waals surface area (Å²) in [4.78, 5) is 52.8. The van der Waals surface area contributed by atoms with Crippen molar-refractivity contribution in [1.82, 2.24) is 15.1 Å². The number of nitrogens with one attached hydrogen (secondary N) is 1. The summed E-state index contributed by atoms with van der Waals surface area (Å²) in [5.74, 6) is -1.89. The van der Waals surface area contributed by atoms with Gasteiger partial charge in [0.2, 0.25) is 11.8 Å². The molecule has 3 aliphatic rings. The maximum Gasteiger partial charge on any atom is 0.262 e. The van der Waals surface area contributed by atoms with Crippen molar-refractivity contribution in [3.63, 3.8) is 0 Å². The summed E-state index contributed by atoms with van der Waals surface area (Å²) in [6.45, 7) is 3.72. The van der Waals surface area contributed by atoms with Gasteiger partial charge in [0, 0.05) is 25.0 Å². The molecule has 0 radical (unpaired) electrons. The lowest BCUT2D eigenvalue weighted by atomic mass is 9.90. The Morgan fingerprint density at radius 1 is 1.03 bits per heavy atom. The van der Waals surface area contributed by atoms with E-state index in [9.17, 15) is 19.2 Å². The number of benzene rings is 1. The van der Waals surface area contributed by atoms with Crippen LogP contribution in [0.25, 0.3) is 0 Å². The molecule has 30 heavy (non-hydrogen) atoms.